The first kappa shape index (κ1) is 16.9. The van der Waals surface area contributed by atoms with Crippen molar-refractivity contribution >= 4 is 0 Å². The zero-order valence-corrected chi connectivity index (χ0v) is 12.4. The molecule has 2 heteroatoms. The van der Waals surface area contributed by atoms with E-state index < -0.39 is 6.10 Å². The maximum absolute atomic E-state index is 10.6. The fourth-order valence-electron chi connectivity index (χ4n) is 2.62. The molecule has 0 heterocycles. The molecule has 1 atom stereocenters. The van der Waals surface area contributed by atoms with Gasteiger partial charge in [-0.2, -0.15) is 0 Å². The summed E-state index contributed by atoms with van der Waals surface area (Å²) in [6.07, 6.45) is 5.82. The van der Waals surface area contributed by atoms with Crippen molar-refractivity contribution in [3.63, 3.8) is 0 Å². The van der Waals surface area contributed by atoms with Crippen molar-refractivity contribution in [2.24, 2.45) is 10.8 Å². The van der Waals surface area contributed by atoms with Crippen molar-refractivity contribution in [3.05, 3.63) is 0 Å². The predicted molar refractivity (Wildman–Crippen MR) is 74.0 cm³/mol. The molecule has 0 aliphatic carbocycles. The van der Waals surface area contributed by atoms with Crippen LogP contribution in [0.2, 0.25) is 0 Å². The largest absolute Gasteiger partial charge is 0.396 e. The number of aliphatic hydroxyl groups excluding tert-OH is 2. The third-order valence-electron chi connectivity index (χ3n) is 3.77. The van der Waals surface area contributed by atoms with Crippen LogP contribution in [0.3, 0.4) is 0 Å². The molecule has 1 unspecified atom stereocenters. The van der Waals surface area contributed by atoms with E-state index in [0.29, 0.717) is 0 Å². The lowest BCUT2D eigenvalue weighted by Crippen LogP contribution is -2.46. The Hall–Kier alpha value is -0.0800. The van der Waals surface area contributed by atoms with Crippen molar-refractivity contribution in [1.82, 2.24) is 0 Å². The van der Waals surface area contributed by atoms with Gasteiger partial charge in [0.2, 0.25) is 0 Å². The summed E-state index contributed by atoms with van der Waals surface area (Å²) in [7, 11) is 0. The number of unbranched alkanes of at least 4 members (excludes halogenated alkanes) is 2. The molecule has 0 aromatic carbocycles. The molecule has 0 saturated heterocycles. The van der Waals surface area contributed by atoms with Gasteiger partial charge in [0.25, 0.3) is 0 Å². The summed E-state index contributed by atoms with van der Waals surface area (Å²) in [6.45, 7) is 10.6. The first-order valence-corrected chi connectivity index (χ1v) is 7.13. The van der Waals surface area contributed by atoms with Crippen LogP contribution in [0, 0.1) is 10.8 Å². The van der Waals surface area contributed by atoms with Gasteiger partial charge in [-0.25, -0.2) is 0 Å². The second-order valence-corrected chi connectivity index (χ2v) is 6.50. The topological polar surface area (TPSA) is 40.5 Å². The van der Waals surface area contributed by atoms with E-state index in [-0.39, 0.29) is 17.4 Å². The smallest absolute Gasteiger partial charge is 0.0666 e. The molecule has 0 rings (SSSR count). The van der Waals surface area contributed by atoms with Gasteiger partial charge >= 0.3 is 0 Å². The highest BCUT2D eigenvalue weighted by Gasteiger charge is 2.42. The summed E-state index contributed by atoms with van der Waals surface area (Å²) in [4.78, 5) is 0. The lowest BCUT2D eigenvalue weighted by Gasteiger charge is -2.43. The normalized spacial score (nSPS) is 15.0. The Morgan fingerprint density at radius 2 is 1.35 bits per heavy atom. The van der Waals surface area contributed by atoms with E-state index in [9.17, 15) is 10.2 Å². The standard InChI is InChI=1S/C15H32O2/c1-6-8-10-15(12-16,11-9-7-2)13(17)14(3,4)5/h13,16-17H,6-12H2,1-5H3. The monoisotopic (exact) mass is 244 g/mol. The fourth-order valence-corrected chi connectivity index (χ4v) is 2.62. The molecule has 0 saturated carbocycles. The van der Waals surface area contributed by atoms with Crippen LogP contribution in [0.5, 0.6) is 0 Å². The van der Waals surface area contributed by atoms with E-state index in [1.165, 1.54) is 0 Å². The second-order valence-electron chi connectivity index (χ2n) is 6.50. The van der Waals surface area contributed by atoms with Crippen LogP contribution < -0.4 is 0 Å². The summed E-state index contributed by atoms with van der Waals surface area (Å²) >= 11 is 0. The summed E-state index contributed by atoms with van der Waals surface area (Å²) < 4.78 is 0. The van der Waals surface area contributed by atoms with Gasteiger partial charge in [0, 0.05) is 5.41 Å². The van der Waals surface area contributed by atoms with Gasteiger partial charge < -0.3 is 10.2 Å². The fraction of sp³-hybridized carbons (Fsp3) is 1.00. The van der Waals surface area contributed by atoms with E-state index in [1.807, 2.05) is 0 Å². The number of hydrogen-bond donors (Lipinski definition) is 2. The lowest BCUT2D eigenvalue weighted by molar-refractivity contribution is -0.0879. The van der Waals surface area contributed by atoms with Crippen LogP contribution in [0.1, 0.15) is 73.1 Å². The van der Waals surface area contributed by atoms with Crippen LogP contribution in [-0.4, -0.2) is 22.9 Å². The van der Waals surface area contributed by atoms with E-state index in [0.717, 1.165) is 38.5 Å². The van der Waals surface area contributed by atoms with Crippen LogP contribution in [0.25, 0.3) is 0 Å². The van der Waals surface area contributed by atoms with Gasteiger partial charge in [0.05, 0.1) is 12.7 Å². The maximum Gasteiger partial charge on any atom is 0.0666 e. The van der Waals surface area contributed by atoms with Gasteiger partial charge in [-0.1, -0.05) is 60.3 Å². The molecule has 0 radical (unpaired) electrons. The Balaban J connectivity index is 4.88. The minimum atomic E-state index is -0.432. The van der Waals surface area contributed by atoms with Crippen molar-refractivity contribution in [1.29, 1.82) is 0 Å². The molecular weight excluding hydrogens is 212 g/mol. The van der Waals surface area contributed by atoms with Gasteiger partial charge in [0.1, 0.15) is 0 Å². The second kappa shape index (κ2) is 7.38. The molecule has 2 nitrogen and oxygen atoms in total. The molecule has 104 valence electrons. The summed E-state index contributed by atoms with van der Waals surface area (Å²) in [6, 6.07) is 0. The lowest BCUT2D eigenvalue weighted by atomic mass is 9.66. The Kier molecular flexibility index (Phi) is 7.34. The Morgan fingerprint density at radius 1 is 0.941 bits per heavy atom. The molecule has 0 bridgehead atoms. The third kappa shape index (κ3) is 4.97. The predicted octanol–water partition coefficient (Wildman–Crippen LogP) is 3.75. The van der Waals surface area contributed by atoms with Crippen LogP contribution in [0.4, 0.5) is 0 Å². The van der Waals surface area contributed by atoms with Crippen molar-refractivity contribution in [2.75, 3.05) is 6.61 Å². The zero-order valence-electron chi connectivity index (χ0n) is 12.4. The zero-order chi connectivity index (χ0) is 13.5. The first-order valence-electron chi connectivity index (χ1n) is 7.13. The summed E-state index contributed by atoms with van der Waals surface area (Å²) in [5.41, 5.74) is -0.464. The van der Waals surface area contributed by atoms with Crippen molar-refractivity contribution < 1.29 is 10.2 Å². The highest BCUT2D eigenvalue weighted by atomic mass is 16.3. The number of hydrogen-bond acceptors (Lipinski definition) is 2. The highest BCUT2D eigenvalue weighted by Crippen LogP contribution is 2.41. The average molecular weight is 244 g/mol. The van der Waals surface area contributed by atoms with Crippen LogP contribution in [0.15, 0.2) is 0 Å². The van der Waals surface area contributed by atoms with Gasteiger partial charge in [-0.15, -0.1) is 0 Å². The molecular formula is C15H32O2. The summed E-state index contributed by atoms with van der Waals surface area (Å²) in [5.74, 6) is 0. The molecule has 0 amide bonds. The van der Waals surface area contributed by atoms with Crippen molar-refractivity contribution in [2.45, 2.75) is 79.2 Å². The first-order chi connectivity index (χ1) is 7.84. The molecule has 2 N–H and O–H groups in total. The van der Waals surface area contributed by atoms with E-state index in [1.54, 1.807) is 0 Å². The molecule has 0 aromatic rings. The molecule has 0 aromatic heterocycles. The Labute approximate surface area is 107 Å². The van der Waals surface area contributed by atoms with E-state index >= 15 is 0 Å². The molecule has 0 fully saturated rings. The highest BCUT2D eigenvalue weighted by molar-refractivity contribution is 4.92. The quantitative estimate of drug-likeness (QED) is 0.682. The van der Waals surface area contributed by atoms with Crippen LogP contribution in [-0.2, 0) is 0 Å². The number of aliphatic hydroxyl groups is 2. The van der Waals surface area contributed by atoms with Gasteiger partial charge in [0.15, 0.2) is 0 Å². The van der Waals surface area contributed by atoms with Gasteiger partial charge in [-0.05, 0) is 18.3 Å². The van der Waals surface area contributed by atoms with Crippen LogP contribution >= 0.6 is 0 Å². The molecule has 17 heavy (non-hydrogen) atoms. The third-order valence-corrected chi connectivity index (χ3v) is 3.77. The van der Waals surface area contributed by atoms with Crippen molar-refractivity contribution in [3.8, 4) is 0 Å². The van der Waals surface area contributed by atoms with E-state index in [2.05, 4.69) is 34.6 Å². The van der Waals surface area contributed by atoms with Gasteiger partial charge in [-0.3, -0.25) is 0 Å². The maximum atomic E-state index is 10.6. The minimum absolute atomic E-state index is 0.103. The Bertz CT molecular complexity index is 186. The average Bonchev–Trinajstić information content (AvgIpc) is 2.28. The number of rotatable bonds is 8. The minimum Gasteiger partial charge on any atom is -0.396 e. The van der Waals surface area contributed by atoms with E-state index in [4.69, 9.17) is 0 Å². The molecule has 0 spiro atoms. The molecule has 0 aliphatic rings. The molecule has 0 aliphatic heterocycles. The Morgan fingerprint density at radius 3 is 1.59 bits per heavy atom. The SMILES string of the molecule is CCCCC(CO)(CCCC)C(O)C(C)(C)C. The summed E-state index contributed by atoms with van der Waals surface area (Å²) in [5, 5.41) is 20.4.